The molecule has 0 saturated heterocycles. The van der Waals surface area contributed by atoms with Gasteiger partial charge >= 0.3 is 5.97 Å². The van der Waals surface area contributed by atoms with Crippen molar-refractivity contribution < 1.29 is 14.3 Å². The molecule has 1 aromatic heterocycles. The third kappa shape index (κ3) is 4.70. The van der Waals surface area contributed by atoms with Crippen LogP contribution in [-0.2, 0) is 4.74 Å². The standard InChI is InChI=1S/C21H20N4O3/c1-3-28-21(27)16-6-4-5-7-17(16)22-18-12-13-19(25-24-18)23-20(26)15-10-8-14(2)9-11-15/h4-13H,3H2,1-2H3,(H,22,24)(H,23,25,26). The molecule has 0 aliphatic carbocycles. The van der Waals surface area contributed by atoms with E-state index in [-0.39, 0.29) is 5.91 Å². The Kier molecular flexibility index (Phi) is 5.96. The van der Waals surface area contributed by atoms with E-state index in [2.05, 4.69) is 20.8 Å². The lowest BCUT2D eigenvalue weighted by Crippen LogP contribution is -2.13. The molecule has 7 nitrogen and oxygen atoms in total. The first-order chi connectivity index (χ1) is 13.6. The lowest BCUT2D eigenvalue weighted by Gasteiger charge is -2.10. The Balaban J connectivity index is 1.69. The van der Waals surface area contributed by atoms with Crippen molar-refractivity contribution in [2.24, 2.45) is 0 Å². The monoisotopic (exact) mass is 376 g/mol. The Morgan fingerprint density at radius 3 is 2.29 bits per heavy atom. The fourth-order valence-electron chi connectivity index (χ4n) is 2.48. The third-order valence-corrected chi connectivity index (χ3v) is 3.91. The number of para-hydroxylation sites is 1. The number of nitrogens with zero attached hydrogens (tertiary/aromatic N) is 2. The summed E-state index contributed by atoms with van der Waals surface area (Å²) in [5, 5.41) is 13.8. The SMILES string of the molecule is CCOC(=O)c1ccccc1Nc1ccc(NC(=O)c2ccc(C)cc2)nn1. The number of carbonyl (C=O) groups is 2. The number of nitrogens with one attached hydrogen (secondary N) is 2. The Bertz CT molecular complexity index is 970. The van der Waals surface area contributed by atoms with Gasteiger partial charge in [0.05, 0.1) is 17.9 Å². The fourth-order valence-corrected chi connectivity index (χ4v) is 2.48. The zero-order valence-electron chi connectivity index (χ0n) is 15.6. The molecule has 0 bridgehead atoms. The summed E-state index contributed by atoms with van der Waals surface area (Å²) >= 11 is 0. The lowest BCUT2D eigenvalue weighted by atomic mass is 10.1. The number of esters is 1. The molecule has 0 unspecified atom stereocenters. The van der Waals surface area contributed by atoms with Gasteiger partial charge in [0.25, 0.3) is 5.91 Å². The first kappa shape index (κ1) is 19.0. The van der Waals surface area contributed by atoms with Gasteiger partial charge in [0.15, 0.2) is 11.6 Å². The summed E-state index contributed by atoms with van der Waals surface area (Å²) in [6, 6.07) is 17.5. The largest absolute Gasteiger partial charge is 0.462 e. The number of hydrogen-bond donors (Lipinski definition) is 2. The van der Waals surface area contributed by atoms with Crippen molar-refractivity contribution in [3.05, 3.63) is 77.4 Å². The summed E-state index contributed by atoms with van der Waals surface area (Å²) in [4.78, 5) is 24.3. The first-order valence-corrected chi connectivity index (χ1v) is 8.81. The molecule has 0 atom stereocenters. The van der Waals surface area contributed by atoms with E-state index in [1.807, 2.05) is 19.1 Å². The molecular weight excluding hydrogens is 356 g/mol. The molecule has 0 saturated carbocycles. The van der Waals surface area contributed by atoms with Crippen molar-refractivity contribution in [3.63, 3.8) is 0 Å². The molecule has 2 N–H and O–H groups in total. The molecule has 1 heterocycles. The number of ether oxygens (including phenoxy) is 1. The normalized spacial score (nSPS) is 10.2. The molecule has 2 aromatic carbocycles. The molecule has 3 rings (SSSR count). The van der Waals surface area contributed by atoms with Crippen LogP contribution in [0.1, 0.15) is 33.2 Å². The van der Waals surface area contributed by atoms with Crippen molar-refractivity contribution >= 4 is 29.2 Å². The number of benzene rings is 2. The van der Waals surface area contributed by atoms with Gasteiger partial charge in [-0.15, -0.1) is 10.2 Å². The van der Waals surface area contributed by atoms with Gasteiger partial charge in [-0.3, -0.25) is 4.79 Å². The summed E-state index contributed by atoms with van der Waals surface area (Å²) in [5.74, 6) is 0.0862. The molecular formula is C21H20N4O3. The van der Waals surface area contributed by atoms with Gasteiger partial charge < -0.3 is 15.4 Å². The number of hydrogen-bond acceptors (Lipinski definition) is 6. The molecule has 7 heteroatoms. The van der Waals surface area contributed by atoms with E-state index >= 15 is 0 Å². The quantitative estimate of drug-likeness (QED) is 0.633. The summed E-state index contributed by atoms with van der Waals surface area (Å²) in [6.07, 6.45) is 0. The highest BCUT2D eigenvalue weighted by molar-refractivity contribution is 6.03. The Labute approximate surface area is 162 Å². The number of aryl methyl sites for hydroxylation is 1. The van der Waals surface area contributed by atoms with Gasteiger partial charge in [-0.05, 0) is 50.2 Å². The Morgan fingerprint density at radius 2 is 1.61 bits per heavy atom. The number of carbonyl (C=O) groups excluding carboxylic acids is 2. The average Bonchev–Trinajstić information content (AvgIpc) is 2.70. The van der Waals surface area contributed by atoms with Crippen LogP contribution in [0.4, 0.5) is 17.3 Å². The minimum atomic E-state index is -0.416. The molecule has 0 aliphatic heterocycles. The molecule has 28 heavy (non-hydrogen) atoms. The smallest absolute Gasteiger partial charge is 0.340 e. The Hall–Kier alpha value is -3.74. The van der Waals surface area contributed by atoms with Crippen LogP contribution >= 0.6 is 0 Å². The summed E-state index contributed by atoms with van der Waals surface area (Å²) in [7, 11) is 0. The topological polar surface area (TPSA) is 93.2 Å². The highest BCUT2D eigenvalue weighted by Crippen LogP contribution is 2.20. The van der Waals surface area contributed by atoms with Crippen molar-refractivity contribution in [2.45, 2.75) is 13.8 Å². The van der Waals surface area contributed by atoms with E-state index in [0.717, 1.165) is 5.56 Å². The van der Waals surface area contributed by atoms with Crippen LogP contribution in [0.15, 0.2) is 60.7 Å². The van der Waals surface area contributed by atoms with Crippen LogP contribution in [0.25, 0.3) is 0 Å². The van der Waals surface area contributed by atoms with E-state index in [1.54, 1.807) is 55.5 Å². The molecule has 0 aliphatic rings. The lowest BCUT2D eigenvalue weighted by molar-refractivity contribution is 0.0527. The van der Waals surface area contributed by atoms with Crippen LogP contribution in [0.2, 0.25) is 0 Å². The highest BCUT2D eigenvalue weighted by Gasteiger charge is 2.13. The minimum absolute atomic E-state index is 0.261. The maximum Gasteiger partial charge on any atom is 0.340 e. The average molecular weight is 376 g/mol. The number of amides is 1. The molecule has 0 spiro atoms. The van der Waals surface area contributed by atoms with Gasteiger partial charge in [-0.2, -0.15) is 0 Å². The number of aromatic nitrogens is 2. The second-order valence-electron chi connectivity index (χ2n) is 6.02. The second-order valence-corrected chi connectivity index (χ2v) is 6.02. The van der Waals surface area contributed by atoms with Gasteiger partial charge in [0, 0.05) is 5.56 Å². The molecule has 1 amide bonds. The number of rotatable bonds is 6. The molecule has 0 radical (unpaired) electrons. The van der Waals surface area contributed by atoms with E-state index in [1.165, 1.54) is 0 Å². The van der Waals surface area contributed by atoms with E-state index < -0.39 is 5.97 Å². The summed E-state index contributed by atoms with van der Waals surface area (Å²) < 4.78 is 5.06. The van der Waals surface area contributed by atoms with Crippen LogP contribution in [-0.4, -0.2) is 28.7 Å². The minimum Gasteiger partial charge on any atom is -0.462 e. The van der Waals surface area contributed by atoms with Crippen LogP contribution in [0.3, 0.4) is 0 Å². The van der Waals surface area contributed by atoms with Gasteiger partial charge in [0.1, 0.15) is 0 Å². The molecule has 3 aromatic rings. The summed E-state index contributed by atoms with van der Waals surface area (Å²) in [6.45, 7) is 4.00. The van der Waals surface area contributed by atoms with E-state index in [9.17, 15) is 9.59 Å². The van der Waals surface area contributed by atoms with Crippen molar-refractivity contribution in [2.75, 3.05) is 17.2 Å². The molecule has 142 valence electrons. The van der Waals surface area contributed by atoms with Gasteiger partial charge in [-0.1, -0.05) is 29.8 Å². The zero-order valence-corrected chi connectivity index (χ0v) is 15.6. The predicted octanol–water partition coefficient (Wildman–Crippen LogP) is 3.96. The van der Waals surface area contributed by atoms with Crippen molar-refractivity contribution in [3.8, 4) is 0 Å². The van der Waals surface area contributed by atoms with Crippen LogP contribution in [0.5, 0.6) is 0 Å². The van der Waals surface area contributed by atoms with Gasteiger partial charge in [0.2, 0.25) is 0 Å². The van der Waals surface area contributed by atoms with E-state index in [0.29, 0.717) is 35.1 Å². The van der Waals surface area contributed by atoms with Crippen molar-refractivity contribution in [1.29, 1.82) is 0 Å². The zero-order chi connectivity index (χ0) is 19.9. The van der Waals surface area contributed by atoms with Crippen LogP contribution in [0, 0.1) is 6.92 Å². The summed E-state index contributed by atoms with van der Waals surface area (Å²) in [5.41, 5.74) is 2.59. The van der Waals surface area contributed by atoms with Gasteiger partial charge in [-0.25, -0.2) is 4.79 Å². The maximum atomic E-state index is 12.2. The van der Waals surface area contributed by atoms with Crippen LogP contribution < -0.4 is 10.6 Å². The second kappa shape index (κ2) is 8.77. The third-order valence-electron chi connectivity index (χ3n) is 3.91. The fraction of sp³-hybridized carbons (Fsp3) is 0.143. The first-order valence-electron chi connectivity index (χ1n) is 8.81. The Morgan fingerprint density at radius 1 is 0.929 bits per heavy atom. The highest BCUT2D eigenvalue weighted by atomic mass is 16.5. The predicted molar refractivity (Wildman–Crippen MR) is 107 cm³/mol. The maximum absolute atomic E-state index is 12.2. The molecule has 0 fully saturated rings. The van der Waals surface area contributed by atoms with E-state index in [4.69, 9.17) is 4.74 Å². The van der Waals surface area contributed by atoms with Crippen molar-refractivity contribution in [1.82, 2.24) is 10.2 Å². The number of anilines is 3.